The van der Waals surface area contributed by atoms with Crippen LogP contribution in [0.3, 0.4) is 0 Å². The van der Waals surface area contributed by atoms with E-state index in [1.807, 2.05) is 70.9 Å². The van der Waals surface area contributed by atoms with E-state index in [2.05, 4.69) is 17.4 Å². The van der Waals surface area contributed by atoms with Gasteiger partial charge in [0.05, 0.1) is 24.1 Å². The quantitative estimate of drug-likeness (QED) is 0.491. The Morgan fingerprint density at radius 2 is 1.83 bits per heavy atom. The van der Waals surface area contributed by atoms with Gasteiger partial charge in [0.15, 0.2) is 0 Å². The van der Waals surface area contributed by atoms with E-state index >= 15 is 0 Å². The zero-order valence-corrected chi connectivity index (χ0v) is 16.9. The highest BCUT2D eigenvalue weighted by Crippen LogP contribution is 2.27. The topological polar surface area (TPSA) is 56.1 Å². The van der Waals surface area contributed by atoms with Gasteiger partial charge in [-0.1, -0.05) is 48.5 Å². The summed E-state index contributed by atoms with van der Waals surface area (Å²) in [5.74, 6) is 0.658. The molecule has 2 aromatic heterocycles. The number of benzene rings is 2. The van der Waals surface area contributed by atoms with Gasteiger partial charge < -0.3 is 10.1 Å². The van der Waals surface area contributed by atoms with Crippen molar-refractivity contribution >= 4 is 17.2 Å². The van der Waals surface area contributed by atoms with Crippen LogP contribution in [0, 0.1) is 0 Å². The molecule has 0 unspecified atom stereocenters. The highest BCUT2D eigenvalue weighted by atomic mass is 32.1. The Labute approximate surface area is 173 Å². The molecule has 2 heterocycles. The van der Waals surface area contributed by atoms with Gasteiger partial charge in [0.1, 0.15) is 11.4 Å². The van der Waals surface area contributed by atoms with Gasteiger partial charge in [-0.2, -0.15) is 5.10 Å². The third kappa shape index (κ3) is 4.55. The van der Waals surface area contributed by atoms with E-state index in [9.17, 15) is 4.79 Å². The fourth-order valence-corrected chi connectivity index (χ4v) is 3.78. The molecule has 0 spiro atoms. The first-order valence-electron chi connectivity index (χ1n) is 9.29. The van der Waals surface area contributed by atoms with Crippen LogP contribution in [0.1, 0.15) is 21.5 Å². The van der Waals surface area contributed by atoms with Crippen LogP contribution >= 0.6 is 11.3 Å². The fourth-order valence-electron chi connectivity index (χ4n) is 3.06. The van der Waals surface area contributed by atoms with Crippen molar-refractivity contribution in [3.63, 3.8) is 0 Å². The molecule has 0 fully saturated rings. The molecule has 0 saturated carbocycles. The van der Waals surface area contributed by atoms with Crippen molar-refractivity contribution in [1.29, 1.82) is 0 Å². The summed E-state index contributed by atoms with van der Waals surface area (Å²) < 4.78 is 7.00. The molecule has 4 aromatic rings. The fraction of sp³-hybridized carbons (Fsp3) is 0.130. The molecule has 0 aliphatic rings. The Morgan fingerprint density at radius 1 is 1.03 bits per heavy atom. The number of carbonyl (C=O) groups excluding carboxylic acids is 1. The minimum Gasteiger partial charge on any atom is -0.497 e. The molecule has 0 aliphatic heterocycles. The number of aromatic nitrogens is 2. The Hall–Kier alpha value is -3.38. The number of carbonyl (C=O) groups is 1. The van der Waals surface area contributed by atoms with Crippen molar-refractivity contribution in [1.82, 2.24) is 15.1 Å². The minimum absolute atomic E-state index is 0.136. The summed E-state index contributed by atoms with van der Waals surface area (Å²) in [4.78, 5) is 13.9. The summed E-state index contributed by atoms with van der Waals surface area (Å²) in [5, 5.41) is 9.69. The molecule has 4 rings (SSSR count). The van der Waals surface area contributed by atoms with E-state index in [0.717, 1.165) is 21.8 Å². The minimum atomic E-state index is -0.136. The number of amides is 1. The van der Waals surface area contributed by atoms with Crippen molar-refractivity contribution < 1.29 is 9.53 Å². The van der Waals surface area contributed by atoms with E-state index in [1.54, 1.807) is 18.4 Å². The monoisotopic (exact) mass is 403 g/mol. The van der Waals surface area contributed by atoms with Crippen LogP contribution in [0.4, 0.5) is 0 Å². The number of thiophene rings is 1. The first-order chi connectivity index (χ1) is 14.2. The summed E-state index contributed by atoms with van der Waals surface area (Å²) in [6.07, 6.45) is 1.82. The van der Waals surface area contributed by atoms with Crippen molar-refractivity contribution in [3.8, 4) is 16.3 Å². The first-order valence-corrected chi connectivity index (χ1v) is 10.2. The first kappa shape index (κ1) is 19.0. The standard InChI is InChI=1S/C23H21N3O2S/c1-28-19-11-9-17(10-12-19)14-24-23(27)20-16-26(15-18-6-3-2-4-7-18)25-22(20)21-8-5-13-29-21/h2-13,16H,14-15H2,1H3,(H,24,27). The number of ether oxygens (including phenoxy) is 1. The molecule has 0 bridgehead atoms. The lowest BCUT2D eigenvalue weighted by Crippen LogP contribution is -2.23. The lowest BCUT2D eigenvalue weighted by atomic mass is 10.2. The van der Waals surface area contributed by atoms with Gasteiger partial charge in [-0.25, -0.2) is 0 Å². The van der Waals surface area contributed by atoms with Gasteiger partial charge in [-0.3, -0.25) is 9.48 Å². The molecule has 1 N–H and O–H groups in total. The van der Waals surface area contributed by atoms with Gasteiger partial charge in [0, 0.05) is 12.7 Å². The Kier molecular flexibility index (Phi) is 5.72. The summed E-state index contributed by atoms with van der Waals surface area (Å²) in [6, 6.07) is 21.7. The molecular formula is C23H21N3O2S. The second-order valence-electron chi connectivity index (χ2n) is 6.58. The highest BCUT2D eigenvalue weighted by molar-refractivity contribution is 7.13. The van der Waals surface area contributed by atoms with Gasteiger partial charge in [0.2, 0.25) is 0 Å². The molecule has 29 heavy (non-hydrogen) atoms. The average Bonchev–Trinajstić information content (AvgIpc) is 3.43. The van der Waals surface area contributed by atoms with E-state index < -0.39 is 0 Å². The Balaban J connectivity index is 1.54. The van der Waals surface area contributed by atoms with Crippen LogP contribution in [-0.2, 0) is 13.1 Å². The van der Waals surface area contributed by atoms with Crippen LogP contribution in [0.25, 0.3) is 10.6 Å². The molecule has 0 radical (unpaired) electrons. The SMILES string of the molecule is COc1ccc(CNC(=O)c2cn(Cc3ccccc3)nc2-c2cccs2)cc1. The number of rotatable bonds is 7. The van der Waals surface area contributed by atoms with Gasteiger partial charge >= 0.3 is 0 Å². The van der Waals surface area contributed by atoms with E-state index in [4.69, 9.17) is 9.84 Å². The smallest absolute Gasteiger partial charge is 0.255 e. The average molecular weight is 404 g/mol. The van der Waals surface area contributed by atoms with Crippen molar-refractivity contribution in [2.75, 3.05) is 7.11 Å². The predicted molar refractivity (Wildman–Crippen MR) is 115 cm³/mol. The van der Waals surface area contributed by atoms with Crippen LogP contribution < -0.4 is 10.1 Å². The van der Waals surface area contributed by atoms with E-state index in [0.29, 0.717) is 24.3 Å². The van der Waals surface area contributed by atoms with Gasteiger partial charge in [-0.05, 0) is 34.7 Å². The van der Waals surface area contributed by atoms with E-state index in [1.165, 1.54) is 0 Å². The summed E-state index contributed by atoms with van der Waals surface area (Å²) in [7, 11) is 1.63. The maximum atomic E-state index is 12.9. The molecule has 0 aliphatic carbocycles. The molecule has 0 saturated heterocycles. The molecule has 146 valence electrons. The molecular weight excluding hydrogens is 382 g/mol. The van der Waals surface area contributed by atoms with Crippen LogP contribution in [-0.4, -0.2) is 22.8 Å². The summed E-state index contributed by atoms with van der Waals surface area (Å²) >= 11 is 1.58. The van der Waals surface area contributed by atoms with Gasteiger partial charge in [0.25, 0.3) is 5.91 Å². The van der Waals surface area contributed by atoms with Crippen molar-refractivity contribution in [3.05, 3.63) is 95.0 Å². The Morgan fingerprint density at radius 3 is 2.52 bits per heavy atom. The zero-order chi connectivity index (χ0) is 20.1. The molecule has 5 nitrogen and oxygen atoms in total. The third-order valence-electron chi connectivity index (χ3n) is 4.56. The molecule has 6 heteroatoms. The summed E-state index contributed by atoms with van der Waals surface area (Å²) in [5.41, 5.74) is 3.44. The molecule has 2 aromatic carbocycles. The number of methoxy groups -OCH3 is 1. The maximum Gasteiger partial charge on any atom is 0.255 e. The van der Waals surface area contributed by atoms with E-state index in [-0.39, 0.29) is 5.91 Å². The number of nitrogens with zero attached hydrogens (tertiary/aromatic N) is 2. The van der Waals surface area contributed by atoms with Crippen LogP contribution in [0.15, 0.2) is 78.3 Å². The predicted octanol–water partition coefficient (Wildman–Crippen LogP) is 4.60. The van der Waals surface area contributed by atoms with Crippen molar-refractivity contribution in [2.45, 2.75) is 13.1 Å². The largest absolute Gasteiger partial charge is 0.497 e. The van der Waals surface area contributed by atoms with Gasteiger partial charge in [-0.15, -0.1) is 11.3 Å². The second-order valence-corrected chi connectivity index (χ2v) is 7.53. The maximum absolute atomic E-state index is 12.9. The molecule has 0 atom stereocenters. The lowest BCUT2D eigenvalue weighted by molar-refractivity contribution is 0.0951. The normalized spacial score (nSPS) is 10.7. The van der Waals surface area contributed by atoms with Crippen LogP contribution in [0.5, 0.6) is 5.75 Å². The number of hydrogen-bond acceptors (Lipinski definition) is 4. The highest BCUT2D eigenvalue weighted by Gasteiger charge is 2.18. The Bertz CT molecular complexity index is 1070. The summed E-state index contributed by atoms with van der Waals surface area (Å²) in [6.45, 7) is 1.06. The molecule has 1 amide bonds. The zero-order valence-electron chi connectivity index (χ0n) is 16.0. The number of nitrogens with one attached hydrogen (secondary N) is 1. The lowest BCUT2D eigenvalue weighted by Gasteiger charge is -2.06. The second kappa shape index (κ2) is 8.75. The number of hydrogen-bond donors (Lipinski definition) is 1. The van der Waals surface area contributed by atoms with Crippen LogP contribution in [0.2, 0.25) is 0 Å². The third-order valence-corrected chi connectivity index (χ3v) is 5.44. The van der Waals surface area contributed by atoms with Crippen molar-refractivity contribution in [2.24, 2.45) is 0 Å².